The summed E-state index contributed by atoms with van der Waals surface area (Å²) in [7, 11) is 10.0. The van der Waals surface area contributed by atoms with E-state index in [2.05, 4.69) is 11.4 Å². The van der Waals surface area contributed by atoms with Crippen LogP contribution >= 0.6 is 0 Å². The van der Waals surface area contributed by atoms with Crippen molar-refractivity contribution in [1.82, 2.24) is 15.1 Å². The Balaban J connectivity index is 1.92. The highest BCUT2D eigenvalue weighted by molar-refractivity contribution is 5.97. The van der Waals surface area contributed by atoms with Gasteiger partial charge in [-0.2, -0.15) is 0 Å². The quantitative estimate of drug-likeness (QED) is 0.419. The molecule has 1 unspecified atom stereocenters. The van der Waals surface area contributed by atoms with E-state index in [1.54, 1.807) is 47.6 Å². The smallest absolute Gasteiger partial charge is 0.324 e. The van der Waals surface area contributed by atoms with Crippen LogP contribution in [0.2, 0.25) is 0 Å². The fourth-order valence-corrected chi connectivity index (χ4v) is 3.97. The van der Waals surface area contributed by atoms with Gasteiger partial charge in [-0.3, -0.25) is 15.0 Å². The second-order valence-electron chi connectivity index (χ2n) is 8.62. The van der Waals surface area contributed by atoms with E-state index in [4.69, 9.17) is 18.9 Å². The molecule has 0 spiro atoms. The lowest BCUT2D eigenvalue weighted by Gasteiger charge is -2.25. The van der Waals surface area contributed by atoms with Gasteiger partial charge < -0.3 is 23.8 Å². The lowest BCUT2D eigenvalue weighted by atomic mass is 9.95. The topological polar surface area (TPSA) is 89.6 Å². The van der Waals surface area contributed by atoms with E-state index in [9.17, 15) is 9.59 Å². The van der Waals surface area contributed by atoms with Crippen LogP contribution in [0.3, 0.4) is 0 Å². The molecule has 0 saturated heterocycles. The van der Waals surface area contributed by atoms with E-state index in [1.807, 2.05) is 37.1 Å². The Morgan fingerprint density at radius 2 is 1.61 bits per heavy atom. The molecular weight excluding hydrogens is 462 g/mol. The maximum Gasteiger partial charge on any atom is 0.324 e. The number of rotatable bonds is 13. The molecule has 0 aliphatic heterocycles. The Kier molecular flexibility index (Phi) is 11.5. The van der Waals surface area contributed by atoms with Gasteiger partial charge >= 0.3 is 6.03 Å². The third-order valence-electron chi connectivity index (χ3n) is 6.00. The van der Waals surface area contributed by atoms with Crippen LogP contribution in [0.4, 0.5) is 4.79 Å². The van der Waals surface area contributed by atoms with Gasteiger partial charge in [-0.1, -0.05) is 25.1 Å². The van der Waals surface area contributed by atoms with Crippen molar-refractivity contribution in [3.05, 3.63) is 53.1 Å². The van der Waals surface area contributed by atoms with Gasteiger partial charge in [0.15, 0.2) is 11.5 Å². The number of hydrogen-bond acceptors (Lipinski definition) is 7. The zero-order chi connectivity index (χ0) is 26.7. The minimum absolute atomic E-state index is 0.354. The number of benzene rings is 2. The summed E-state index contributed by atoms with van der Waals surface area (Å²) >= 11 is 0. The molecule has 36 heavy (non-hydrogen) atoms. The molecule has 9 nitrogen and oxygen atoms in total. The highest BCUT2D eigenvalue weighted by Gasteiger charge is 2.24. The number of methoxy groups -OCH3 is 4. The largest absolute Gasteiger partial charge is 0.496 e. The van der Waals surface area contributed by atoms with Crippen LogP contribution in [-0.4, -0.2) is 77.5 Å². The number of nitrogens with zero attached hydrogens (tertiary/aromatic N) is 2. The average molecular weight is 502 g/mol. The maximum absolute atomic E-state index is 12.9. The molecule has 0 bridgehead atoms. The van der Waals surface area contributed by atoms with Crippen molar-refractivity contribution < 1.29 is 28.5 Å². The molecule has 0 heterocycles. The molecule has 2 rings (SSSR count). The highest BCUT2D eigenvalue weighted by atomic mass is 16.5. The summed E-state index contributed by atoms with van der Waals surface area (Å²) < 4.78 is 21.3. The summed E-state index contributed by atoms with van der Waals surface area (Å²) in [6.45, 7) is 3.49. The first kappa shape index (κ1) is 28.9. The second-order valence-corrected chi connectivity index (χ2v) is 8.62. The Morgan fingerprint density at radius 1 is 0.917 bits per heavy atom. The van der Waals surface area contributed by atoms with E-state index in [-0.39, 0.29) is 5.91 Å². The number of ether oxygens (including phenoxy) is 4. The van der Waals surface area contributed by atoms with Crippen LogP contribution in [0.1, 0.15) is 36.0 Å². The Hall–Kier alpha value is -3.30. The molecule has 0 aromatic heterocycles. The van der Waals surface area contributed by atoms with E-state index < -0.39 is 11.9 Å². The van der Waals surface area contributed by atoms with Gasteiger partial charge in [0.2, 0.25) is 5.91 Å². The molecule has 2 aromatic rings. The number of nitrogens with one attached hydrogen (secondary N) is 1. The summed E-state index contributed by atoms with van der Waals surface area (Å²) in [6, 6.07) is 11.0. The number of urea groups is 1. The number of carbonyl (C=O) groups excluding carboxylic acids is 2. The first-order valence-electron chi connectivity index (χ1n) is 11.9. The van der Waals surface area contributed by atoms with Gasteiger partial charge in [0, 0.05) is 26.3 Å². The van der Waals surface area contributed by atoms with E-state index in [0.29, 0.717) is 31.2 Å². The Morgan fingerprint density at radius 3 is 2.22 bits per heavy atom. The van der Waals surface area contributed by atoms with Gasteiger partial charge in [0.1, 0.15) is 5.75 Å². The number of imide groups is 1. The number of amides is 3. The second kappa shape index (κ2) is 14.3. The molecule has 9 heteroatoms. The number of likely N-dealkylation sites (N-methyl/N-ethyl adjacent to an activating group) is 1. The van der Waals surface area contributed by atoms with Crippen molar-refractivity contribution in [2.75, 3.05) is 55.7 Å². The fourth-order valence-electron chi connectivity index (χ4n) is 3.97. The standard InChI is InChI=1S/C27H39N3O6/c1-8-22(20-11-12-23(34-5)25(16-20)36-7)26(31)28-27(32)30(3)18-29(2)14-13-19-9-10-21(17-33-4)24(15-19)35-6/h9-12,15-16,22H,8,13-14,17-18H2,1-7H3,(H,28,31,32). The van der Waals surface area contributed by atoms with Crippen LogP contribution in [0.5, 0.6) is 17.2 Å². The fraction of sp³-hybridized carbons (Fsp3) is 0.481. The predicted octanol–water partition coefficient (Wildman–Crippen LogP) is 3.65. The number of carbonyl (C=O) groups is 2. The molecular formula is C27H39N3O6. The third-order valence-corrected chi connectivity index (χ3v) is 6.00. The first-order chi connectivity index (χ1) is 17.3. The molecule has 0 radical (unpaired) electrons. The van der Waals surface area contributed by atoms with Gasteiger partial charge in [-0.15, -0.1) is 0 Å². The summed E-state index contributed by atoms with van der Waals surface area (Å²) in [6.07, 6.45) is 1.32. The molecule has 198 valence electrons. The summed E-state index contributed by atoms with van der Waals surface area (Å²) in [4.78, 5) is 29.1. The van der Waals surface area contributed by atoms with E-state index >= 15 is 0 Å². The van der Waals surface area contributed by atoms with E-state index in [0.717, 1.165) is 35.4 Å². The van der Waals surface area contributed by atoms with Gasteiger partial charge in [-0.05, 0) is 49.2 Å². The Labute approximate surface area is 214 Å². The van der Waals surface area contributed by atoms with Crippen molar-refractivity contribution in [3.63, 3.8) is 0 Å². The monoisotopic (exact) mass is 501 g/mol. The first-order valence-corrected chi connectivity index (χ1v) is 11.9. The van der Waals surface area contributed by atoms with Gasteiger partial charge in [0.25, 0.3) is 0 Å². The zero-order valence-electron chi connectivity index (χ0n) is 22.4. The highest BCUT2D eigenvalue weighted by Crippen LogP contribution is 2.31. The molecule has 2 aromatic carbocycles. The third kappa shape index (κ3) is 7.86. The Bertz CT molecular complexity index is 1010. The van der Waals surface area contributed by atoms with Crippen molar-refractivity contribution in [1.29, 1.82) is 0 Å². The molecule has 3 amide bonds. The molecule has 0 aliphatic carbocycles. The minimum Gasteiger partial charge on any atom is -0.496 e. The normalized spacial score (nSPS) is 11.7. The van der Waals surface area contributed by atoms with Crippen molar-refractivity contribution >= 4 is 11.9 Å². The molecule has 0 saturated carbocycles. The summed E-state index contributed by atoms with van der Waals surface area (Å²) in [5.41, 5.74) is 2.88. The van der Waals surface area contributed by atoms with Crippen LogP contribution in [0, 0.1) is 0 Å². The minimum atomic E-state index is -0.490. The summed E-state index contributed by atoms with van der Waals surface area (Å²) in [5.74, 6) is 1.08. The van der Waals surface area contributed by atoms with Crippen LogP contribution in [-0.2, 0) is 22.6 Å². The SMILES string of the molecule is CCC(C(=O)NC(=O)N(C)CN(C)CCc1ccc(COC)c(OC)c1)c1ccc(OC)c(OC)c1. The van der Waals surface area contributed by atoms with Crippen LogP contribution in [0.15, 0.2) is 36.4 Å². The predicted molar refractivity (Wildman–Crippen MR) is 139 cm³/mol. The molecule has 0 aliphatic rings. The van der Waals surface area contributed by atoms with Crippen molar-refractivity contribution in [2.24, 2.45) is 0 Å². The molecule has 1 atom stereocenters. The maximum atomic E-state index is 12.9. The number of hydrogen-bond donors (Lipinski definition) is 1. The van der Waals surface area contributed by atoms with Crippen LogP contribution in [0.25, 0.3) is 0 Å². The summed E-state index contributed by atoms with van der Waals surface area (Å²) in [5, 5.41) is 2.53. The van der Waals surface area contributed by atoms with Gasteiger partial charge in [-0.25, -0.2) is 4.79 Å². The molecule has 1 N–H and O–H groups in total. The van der Waals surface area contributed by atoms with Crippen LogP contribution < -0.4 is 19.5 Å². The average Bonchev–Trinajstić information content (AvgIpc) is 2.88. The molecule has 0 fully saturated rings. The van der Waals surface area contributed by atoms with Crippen molar-refractivity contribution in [2.45, 2.75) is 32.3 Å². The zero-order valence-corrected chi connectivity index (χ0v) is 22.4. The lowest BCUT2D eigenvalue weighted by Crippen LogP contribution is -2.46. The van der Waals surface area contributed by atoms with E-state index in [1.165, 1.54) is 4.90 Å². The lowest BCUT2D eigenvalue weighted by molar-refractivity contribution is -0.121. The van der Waals surface area contributed by atoms with Gasteiger partial charge in [0.05, 0.1) is 40.5 Å². The van der Waals surface area contributed by atoms with Crippen molar-refractivity contribution in [3.8, 4) is 17.2 Å².